The maximum absolute atomic E-state index is 14.1. The Labute approximate surface area is 234 Å². The van der Waals surface area contributed by atoms with E-state index in [-0.39, 0.29) is 17.6 Å². The summed E-state index contributed by atoms with van der Waals surface area (Å²) in [5, 5.41) is 10.1. The first-order chi connectivity index (χ1) is 19.2. The Kier molecular flexibility index (Phi) is 8.09. The molecule has 40 heavy (non-hydrogen) atoms. The molecule has 7 nitrogen and oxygen atoms in total. The molecule has 0 aliphatic heterocycles. The van der Waals surface area contributed by atoms with E-state index in [1.54, 1.807) is 0 Å². The van der Waals surface area contributed by atoms with Gasteiger partial charge in [0.25, 0.3) is 0 Å². The van der Waals surface area contributed by atoms with Gasteiger partial charge in [0.1, 0.15) is 6.04 Å². The lowest BCUT2D eigenvalue weighted by molar-refractivity contribution is -0.160. The number of aromatic nitrogens is 3. The summed E-state index contributed by atoms with van der Waals surface area (Å²) in [5.41, 5.74) is 2.85. The molecule has 5 rings (SSSR count). The fraction of sp³-hybridized carbons (Fsp3) is 0.276. The quantitative estimate of drug-likeness (QED) is 0.171. The molecule has 1 aliphatic rings. The molecule has 2 aromatic heterocycles. The van der Waals surface area contributed by atoms with Crippen LogP contribution in [0.25, 0.3) is 22.2 Å². The summed E-state index contributed by atoms with van der Waals surface area (Å²) in [6, 6.07) is 11.1. The van der Waals surface area contributed by atoms with Crippen molar-refractivity contribution in [2.75, 3.05) is 10.6 Å². The maximum atomic E-state index is 14.1. The number of H-pyrrole nitrogens is 1. The fourth-order valence-corrected chi connectivity index (χ4v) is 5.31. The normalized spacial score (nSPS) is 18.3. The molecule has 0 radical (unpaired) electrons. The molecule has 1 saturated carbocycles. The monoisotopic (exact) mass is 568 g/mol. The number of hydrogen-bond acceptors (Lipinski definition) is 5. The molecule has 0 bridgehead atoms. The van der Waals surface area contributed by atoms with Gasteiger partial charge in [-0.05, 0) is 55.5 Å². The van der Waals surface area contributed by atoms with Crippen LogP contribution in [0.3, 0.4) is 0 Å². The Morgan fingerprint density at radius 2 is 1.88 bits per heavy atom. The lowest BCUT2D eigenvalue weighted by Crippen LogP contribution is -2.45. The summed E-state index contributed by atoms with van der Waals surface area (Å²) >= 11 is 6.45. The van der Waals surface area contributed by atoms with Crippen LogP contribution in [0, 0.1) is 0 Å². The highest BCUT2D eigenvalue weighted by Gasteiger charge is 2.42. The number of nitrogens with one attached hydrogen (secondary N) is 4. The molecule has 4 aromatic rings. The Morgan fingerprint density at radius 3 is 2.62 bits per heavy atom. The van der Waals surface area contributed by atoms with Crippen molar-refractivity contribution >= 4 is 40.0 Å². The predicted molar refractivity (Wildman–Crippen MR) is 151 cm³/mol. The Morgan fingerprint density at radius 1 is 1.12 bits per heavy atom. The zero-order chi connectivity index (χ0) is 28.3. The van der Waals surface area contributed by atoms with E-state index in [9.17, 15) is 18.0 Å². The van der Waals surface area contributed by atoms with Crippen molar-refractivity contribution in [2.45, 2.75) is 50.0 Å². The van der Waals surface area contributed by atoms with Gasteiger partial charge in [-0.2, -0.15) is 13.2 Å². The van der Waals surface area contributed by atoms with Crippen molar-refractivity contribution in [3.8, 4) is 11.3 Å². The molecule has 2 heterocycles. The molecule has 0 spiro atoms. The first kappa shape index (κ1) is 27.7. The molecule has 1 fully saturated rings. The van der Waals surface area contributed by atoms with Crippen LogP contribution in [0.5, 0.6) is 0 Å². The van der Waals surface area contributed by atoms with Crippen LogP contribution in [-0.4, -0.2) is 39.1 Å². The molecule has 11 heteroatoms. The van der Waals surface area contributed by atoms with E-state index in [4.69, 9.17) is 11.6 Å². The number of fused-ring (bicyclic) bond motifs is 1. The van der Waals surface area contributed by atoms with Crippen LogP contribution in [0.1, 0.15) is 37.3 Å². The molecule has 0 saturated heterocycles. The number of amides is 1. The van der Waals surface area contributed by atoms with Crippen LogP contribution in [0.2, 0.25) is 5.02 Å². The summed E-state index contributed by atoms with van der Waals surface area (Å²) in [4.78, 5) is 23.7. The van der Waals surface area contributed by atoms with Crippen molar-refractivity contribution in [3.63, 3.8) is 0 Å². The van der Waals surface area contributed by atoms with Gasteiger partial charge in [-0.15, -0.1) is 0 Å². The summed E-state index contributed by atoms with van der Waals surface area (Å²) in [6.07, 6.45) is 2.58. The van der Waals surface area contributed by atoms with Crippen molar-refractivity contribution in [2.24, 2.45) is 0 Å². The van der Waals surface area contributed by atoms with Crippen molar-refractivity contribution < 1.29 is 18.0 Å². The second-order valence-electron chi connectivity index (χ2n) is 9.80. The van der Waals surface area contributed by atoms with Gasteiger partial charge in [0.2, 0.25) is 11.9 Å². The van der Waals surface area contributed by atoms with Crippen LogP contribution < -0.4 is 16.0 Å². The second-order valence-corrected chi connectivity index (χ2v) is 10.2. The van der Waals surface area contributed by atoms with Gasteiger partial charge in [0, 0.05) is 40.4 Å². The van der Waals surface area contributed by atoms with Gasteiger partial charge in [0.15, 0.2) is 0 Å². The van der Waals surface area contributed by atoms with Gasteiger partial charge in [-0.3, -0.25) is 10.1 Å². The minimum Gasteiger partial charge on any atom is -0.360 e. The standard InChI is InChI=1S/C29H28ClF3N6O/c1-2-25(40)36-18-12-10-17(11-13-18)27(29(31,32)33)37-19-6-5-7-20(14-19)38-28-35-16-23(30)26(39-28)22-15-34-24-9-4-3-8-21(22)24/h2-4,8-13,15-16,19-20,27,34,37H,1,5-7,14H2,(H,36,40)(H,35,38,39)/t19-,20+,27?/m0/s1. The highest BCUT2D eigenvalue weighted by molar-refractivity contribution is 6.33. The number of rotatable bonds is 8. The molecular weight excluding hydrogens is 541 g/mol. The number of anilines is 2. The summed E-state index contributed by atoms with van der Waals surface area (Å²) < 4.78 is 42.3. The summed E-state index contributed by atoms with van der Waals surface area (Å²) in [5.74, 6) is -0.0582. The van der Waals surface area contributed by atoms with Crippen LogP contribution in [0.4, 0.5) is 24.8 Å². The number of aromatic amines is 1. The maximum Gasteiger partial charge on any atom is 0.407 e. The number of alkyl halides is 3. The van der Waals surface area contributed by atoms with Gasteiger partial charge >= 0.3 is 6.18 Å². The summed E-state index contributed by atoms with van der Waals surface area (Å²) in [7, 11) is 0. The van der Waals surface area contributed by atoms with E-state index in [0.29, 0.717) is 35.2 Å². The molecular formula is C29H28ClF3N6O. The van der Waals surface area contributed by atoms with E-state index in [1.165, 1.54) is 30.5 Å². The molecule has 1 aliphatic carbocycles. The minimum atomic E-state index is -4.50. The van der Waals surface area contributed by atoms with E-state index < -0.39 is 18.1 Å². The Balaban J connectivity index is 1.29. The van der Waals surface area contributed by atoms with Crippen molar-refractivity contribution in [3.05, 3.63) is 84.2 Å². The Bertz CT molecular complexity index is 1500. The van der Waals surface area contributed by atoms with E-state index in [0.717, 1.165) is 35.4 Å². The fourth-order valence-electron chi connectivity index (χ4n) is 5.12. The van der Waals surface area contributed by atoms with E-state index >= 15 is 0 Å². The van der Waals surface area contributed by atoms with Gasteiger partial charge in [-0.1, -0.05) is 48.5 Å². The third kappa shape index (κ3) is 6.29. The molecule has 1 unspecified atom stereocenters. The zero-order valence-electron chi connectivity index (χ0n) is 21.4. The lowest BCUT2D eigenvalue weighted by atomic mass is 9.90. The number of hydrogen-bond donors (Lipinski definition) is 4. The number of carbonyl (C=O) groups excluding carboxylic acids is 1. The molecule has 3 atom stereocenters. The minimum absolute atomic E-state index is 0.0728. The van der Waals surface area contributed by atoms with Gasteiger partial charge in [-0.25, -0.2) is 9.97 Å². The van der Waals surface area contributed by atoms with Crippen molar-refractivity contribution in [1.82, 2.24) is 20.3 Å². The van der Waals surface area contributed by atoms with E-state index in [1.807, 2.05) is 30.5 Å². The molecule has 1 amide bonds. The topological polar surface area (TPSA) is 94.7 Å². The molecule has 2 aromatic carbocycles. The third-order valence-electron chi connectivity index (χ3n) is 7.02. The number of halogens is 4. The highest BCUT2D eigenvalue weighted by Crippen LogP contribution is 2.36. The SMILES string of the molecule is C=CC(=O)Nc1ccc(C(N[C@H]2CCC[C@@H](Nc3ncc(Cl)c(-c4c[nH]c5ccccc45)n3)C2)C(F)(F)F)cc1. The van der Waals surface area contributed by atoms with Gasteiger partial charge in [0.05, 0.1) is 16.9 Å². The smallest absolute Gasteiger partial charge is 0.360 e. The van der Waals surface area contributed by atoms with Crippen LogP contribution in [0.15, 0.2) is 73.6 Å². The second kappa shape index (κ2) is 11.7. The van der Waals surface area contributed by atoms with Crippen LogP contribution in [-0.2, 0) is 4.79 Å². The first-order valence-electron chi connectivity index (χ1n) is 12.9. The van der Waals surface area contributed by atoms with Gasteiger partial charge < -0.3 is 15.6 Å². The number of para-hydroxylation sites is 1. The first-order valence-corrected chi connectivity index (χ1v) is 13.3. The van der Waals surface area contributed by atoms with Crippen molar-refractivity contribution in [1.29, 1.82) is 0 Å². The third-order valence-corrected chi connectivity index (χ3v) is 7.30. The lowest BCUT2D eigenvalue weighted by Gasteiger charge is -2.34. The molecule has 4 N–H and O–H groups in total. The Hall–Kier alpha value is -3.89. The number of benzene rings is 2. The van der Waals surface area contributed by atoms with Crippen LogP contribution >= 0.6 is 11.6 Å². The van der Waals surface area contributed by atoms with E-state index in [2.05, 4.69) is 37.5 Å². The highest BCUT2D eigenvalue weighted by atomic mass is 35.5. The predicted octanol–water partition coefficient (Wildman–Crippen LogP) is 7.02. The zero-order valence-corrected chi connectivity index (χ0v) is 22.2. The molecule has 208 valence electrons. The average molecular weight is 569 g/mol. The number of nitrogens with zero attached hydrogens (tertiary/aromatic N) is 2. The summed E-state index contributed by atoms with van der Waals surface area (Å²) in [6.45, 7) is 3.37. The number of carbonyl (C=O) groups is 1. The largest absolute Gasteiger partial charge is 0.407 e. The average Bonchev–Trinajstić information content (AvgIpc) is 3.37.